The Morgan fingerprint density at radius 3 is 2.20 bits per heavy atom. The standard InChI is InChI=1S/C34H39NO5/c1-7-18-39-27-11-9-10-26(21-27)35-30(23-12-15-25(16-13-23)34(4,5)6)29(32(37)33(35)38)31(36)24-14-17-28(22(3)20-24)40-19-8-2/h9-17,20-21,30,36H,7-8,18-19H2,1-6H3/b31-29+. The van der Waals surface area contributed by atoms with Gasteiger partial charge in [-0.15, -0.1) is 0 Å². The second-order valence-electron chi connectivity index (χ2n) is 11.2. The summed E-state index contributed by atoms with van der Waals surface area (Å²) in [5.41, 5.74) is 3.66. The Morgan fingerprint density at radius 1 is 0.900 bits per heavy atom. The van der Waals surface area contributed by atoms with Crippen molar-refractivity contribution in [1.82, 2.24) is 0 Å². The van der Waals surface area contributed by atoms with Gasteiger partial charge in [-0.2, -0.15) is 0 Å². The number of hydrogen-bond acceptors (Lipinski definition) is 5. The quantitative estimate of drug-likeness (QED) is 0.172. The molecule has 0 aliphatic carbocycles. The van der Waals surface area contributed by atoms with Crippen molar-refractivity contribution in [3.63, 3.8) is 0 Å². The van der Waals surface area contributed by atoms with Gasteiger partial charge in [-0.3, -0.25) is 14.5 Å². The highest BCUT2D eigenvalue weighted by atomic mass is 16.5. The Kier molecular flexibility index (Phi) is 8.67. The predicted molar refractivity (Wildman–Crippen MR) is 159 cm³/mol. The first-order chi connectivity index (χ1) is 19.1. The van der Waals surface area contributed by atoms with Gasteiger partial charge in [0.1, 0.15) is 17.3 Å². The normalized spacial score (nSPS) is 16.9. The molecular weight excluding hydrogens is 502 g/mol. The SMILES string of the molecule is CCCOc1cccc(N2C(=O)C(=O)/C(=C(/O)c3ccc(OCCC)c(C)c3)C2c2ccc(C(C)(C)C)cc2)c1. The minimum Gasteiger partial charge on any atom is -0.507 e. The lowest BCUT2D eigenvalue weighted by molar-refractivity contribution is -0.132. The fraction of sp³-hybridized carbons (Fsp3) is 0.353. The van der Waals surface area contributed by atoms with Gasteiger partial charge in [0.15, 0.2) is 0 Å². The van der Waals surface area contributed by atoms with Crippen LogP contribution in [0.3, 0.4) is 0 Å². The molecule has 6 heteroatoms. The average molecular weight is 542 g/mol. The summed E-state index contributed by atoms with van der Waals surface area (Å²) < 4.78 is 11.6. The van der Waals surface area contributed by atoms with Crippen molar-refractivity contribution in [2.24, 2.45) is 0 Å². The van der Waals surface area contributed by atoms with E-state index in [0.29, 0.717) is 30.2 Å². The maximum absolute atomic E-state index is 13.6. The molecular formula is C34H39NO5. The third-order valence-corrected chi connectivity index (χ3v) is 7.02. The van der Waals surface area contributed by atoms with Crippen molar-refractivity contribution < 1.29 is 24.2 Å². The Morgan fingerprint density at radius 2 is 1.57 bits per heavy atom. The highest BCUT2D eigenvalue weighted by Gasteiger charge is 2.47. The number of carbonyl (C=O) groups is 2. The molecule has 210 valence electrons. The first kappa shape index (κ1) is 28.9. The van der Waals surface area contributed by atoms with Crippen LogP contribution in [-0.4, -0.2) is 30.0 Å². The summed E-state index contributed by atoms with van der Waals surface area (Å²) in [7, 11) is 0. The number of ketones is 1. The lowest BCUT2D eigenvalue weighted by atomic mass is 9.85. The van der Waals surface area contributed by atoms with Crippen LogP contribution < -0.4 is 14.4 Å². The van der Waals surface area contributed by atoms with Gasteiger partial charge in [-0.05, 0) is 72.2 Å². The molecule has 1 fully saturated rings. The van der Waals surface area contributed by atoms with E-state index in [4.69, 9.17) is 9.47 Å². The molecule has 4 rings (SSSR count). The van der Waals surface area contributed by atoms with E-state index < -0.39 is 17.7 Å². The molecule has 1 aliphatic rings. The molecule has 3 aromatic rings. The van der Waals surface area contributed by atoms with E-state index in [-0.39, 0.29) is 16.7 Å². The van der Waals surface area contributed by atoms with Gasteiger partial charge in [-0.1, -0.05) is 65.0 Å². The minimum absolute atomic E-state index is 0.0509. The van der Waals surface area contributed by atoms with Gasteiger partial charge < -0.3 is 14.6 Å². The van der Waals surface area contributed by atoms with Crippen LogP contribution in [0.5, 0.6) is 11.5 Å². The number of Topliss-reactive ketones (excluding diaryl/α,β-unsaturated/α-hetero) is 1. The number of ether oxygens (including phenoxy) is 2. The number of nitrogens with zero attached hydrogens (tertiary/aromatic N) is 1. The van der Waals surface area contributed by atoms with E-state index in [2.05, 4.69) is 20.8 Å². The number of aliphatic hydroxyl groups excluding tert-OH is 1. The van der Waals surface area contributed by atoms with E-state index in [0.717, 1.165) is 35.3 Å². The molecule has 0 bridgehead atoms. The van der Waals surface area contributed by atoms with Gasteiger partial charge in [0, 0.05) is 17.3 Å². The van der Waals surface area contributed by atoms with Crippen LogP contribution in [0.1, 0.15) is 75.8 Å². The zero-order valence-electron chi connectivity index (χ0n) is 24.3. The second-order valence-corrected chi connectivity index (χ2v) is 11.2. The fourth-order valence-corrected chi connectivity index (χ4v) is 4.85. The Balaban J connectivity index is 1.86. The van der Waals surface area contributed by atoms with Gasteiger partial charge in [-0.25, -0.2) is 0 Å². The van der Waals surface area contributed by atoms with E-state index in [1.165, 1.54) is 4.90 Å². The number of anilines is 1. The number of benzene rings is 3. The molecule has 1 N–H and O–H groups in total. The highest BCUT2D eigenvalue weighted by molar-refractivity contribution is 6.51. The number of carbonyl (C=O) groups excluding carboxylic acids is 2. The lowest BCUT2D eigenvalue weighted by Crippen LogP contribution is -2.29. The molecule has 1 saturated heterocycles. The maximum Gasteiger partial charge on any atom is 0.300 e. The topological polar surface area (TPSA) is 76.1 Å². The van der Waals surface area contributed by atoms with E-state index >= 15 is 0 Å². The molecule has 1 unspecified atom stereocenters. The third kappa shape index (κ3) is 5.91. The Hall–Kier alpha value is -4.06. The molecule has 0 radical (unpaired) electrons. The summed E-state index contributed by atoms with van der Waals surface area (Å²) >= 11 is 0. The van der Waals surface area contributed by atoms with Gasteiger partial charge >= 0.3 is 0 Å². The van der Waals surface area contributed by atoms with Gasteiger partial charge in [0.05, 0.1) is 24.8 Å². The van der Waals surface area contributed by atoms with Crippen molar-refractivity contribution in [2.45, 2.75) is 65.8 Å². The third-order valence-electron chi connectivity index (χ3n) is 7.02. The van der Waals surface area contributed by atoms with E-state index in [9.17, 15) is 14.7 Å². The zero-order valence-corrected chi connectivity index (χ0v) is 24.3. The summed E-state index contributed by atoms with van der Waals surface area (Å²) in [6, 6.07) is 19.6. The zero-order chi connectivity index (χ0) is 29.0. The molecule has 1 aliphatic heterocycles. The van der Waals surface area contributed by atoms with E-state index in [1.807, 2.05) is 51.1 Å². The fourth-order valence-electron chi connectivity index (χ4n) is 4.85. The number of hydrogen-bond donors (Lipinski definition) is 1. The van der Waals surface area contributed by atoms with Crippen LogP contribution in [0.4, 0.5) is 5.69 Å². The summed E-state index contributed by atoms with van der Waals surface area (Å²) in [6.45, 7) is 13.5. The highest BCUT2D eigenvalue weighted by Crippen LogP contribution is 2.43. The van der Waals surface area contributed by atoms with E-state index in [1.54, 1.807) is 36.4 Å². The molecule has 1 heterocycles. The van der Waals surface area contributed by atoms with Gasteiger partial charge in [0.25, 0.3) is 11.7 Å². The summed E-state index contributed by atoms with van der Waals surface area (Å²) in [4.78, 5) is 28.7. The molecule has 40 heavy (non-hydrogen) atoms. The Bertz CT molecular complexity index is 1410. The van der Waals surface area contributed by atoms with Crippen LogP contribution >= 0.6 is 0 Å². The summed E-state index contributed by atoms with van der Waals surface area (Å²) in [5.74, 6) is -0.308. The lowest BCUT2D eigenvalue weighted by Gasteiger charge is -2.27. The van der Waals surface area contributed by atoms with Crippen LogP contribution in [0.15, 0.2) is 72.3 Å². The number of aliphatic hydroxyl groups is 1. The second kappa shape index (κ2) is 12.0. The summed E-state index contributed by atoms with van der Waals surface area (Å²) in [6.07, 6.45) is 1.72. The number of rotatable bonds is 9. The predicted octanol–water partition coefficient (Wildman–Crippen LogP) is 7.50. The van der Waals surface area contributed by atoms with Crippen LogP contribution in [0.2, 0.25) is 0 Å². The van der Waals surface area contributed by atoms with Crippen molar-refractivity contribution in [1.29, 1.82) is 0 Å². The minimum atomic E-state index is -0.813. The molecule has 0 saturated carbocycles. The van der Waals surface area contributed by atoms with Crippen molar-refractivity contribution in [3.05, 3.63) is 94.6 Å². The van der Waals surface area contributed by atoms with Crippen molar-refractivity contribution in [3.8, 4) is 11.5 Å². The average Bonchev–Trinajstić information content (AvgIpc) is 3.20. The number of aryl methyl sites for hydroxylation is 1. The molecule has 0 spiro atoms. The Labute approximate surface area is 237 Å². The first-order valence-electron chi connectivity index (χ1n) is 13.9. The molecule has 3 aromatic carbocycles. The van der Waals surface area contributed by atoms with Crippen LogP contribution in [0, 0.1) is 6.92 Å². The number of amides is 1. The summed E-state index contributed by atoms with van der Waals surface area (Å²) in [5, 5.41) is 11.6. The van der Waals surface area contributed by atoms with Gasteiger partial charge in [0.2, 0.25) is 0 Å². The maximum atomic E-state index is 13.6. The van der Waals surface area contributed by atoms with Crippen molar-refractivity contribution >= 4 is 23.1 Å². The molecule has 0 aromatic heterocycles. The molecule has 6 nitrogen and oxygen atoms in total. The monoisotopic (exact) mass is 541 g/mol. The van der Waals surface area contributed by atoms with Crippen LogP contribution in [-0.2, 0) is 15.0 Å². The smallest absolute Gasteiger partial charge is 0.300 e. The van der Waals surface area contributed by atoms with Crippen molar-refractivity contribution in [2.75, 3.05) is 18.1 Å². The molecule has 1 amide bonds. The largest absolute Gasteiger partial charge is 0.507 e. The first-order valence-corrected chi connectivity index (χ1v) is 13.9. The molecule has 1 atom stereocenters. The van der Waals surface area contributed by atoms with Crippen LogP contribution in [0.25, 0.3) is 5.76 Å².